The highest BCUT2D eigenvalue weighted by Gasteiger charge is 2.08. The number of benzene rings is 1. The second-order valence-electron chi connectivity index (χ2n) is 3.80. The van der Waals surface area contributed by atoms with E-state index < -0.39 is 5.97 Å². The molecule has 94 valence electrons. The molecule has 0 amide bonds. The van der Waals surface area contributed by atoms with Gasteiger partial charge in [0.15, 0.2) is 0 Å². The Kier molecular flexibility index (Phi) is 4.41. The van der Waals surface area contributed by atoms with E-state index in [-0.39, 0.29) is 0 Å². The second kappa shape index (κ2) is 6.26. The predicted octanol–water partition coefficient (Wildman–Crippen LogP) is 2.76. The third kappa shape index (κ3) is 3.37. The molecule has 5 heteroatoms. The topological polar surface area (TPSA) is 55.1 Å². The Morgan fingerprint density at radius 2 is 2.22 bits per heavy atom. The van der Waals surface area contributed by atoms with Gasteiger partial charge in [-0.15, -0.1) is 11.8 Å². The summed E-state index contributed by atoms with van der Waals surface area (Å²) < 4.78 is 2.02. The maximum absolute atomic E-state index is 11.0. The highest BCUT2D eigenvalue weighted by atomic mass is 32.2. The number of aromatic carboxylic acids is 1. The Bertz CT molecular complexity index is 511. The first-order valence-electron chi connectivity index (χ1n) is 5.68. The number of carbonyl (C=O) groups is 1. The van der Waals surface area contributed by atoms with Crippen LogP contribution in [0.1, 0.15) is 16.8 Å². The molecule has 0 atom stereocenters. The number of aromatic nitrogens is 2. The zero-order valence-corrected chi connectivity index (χ0v) is 10.6. The summed E-state index contributed by atoms with van der Waals surface area (Å²) in [7, 11) is 0. The normalized spacial score (nSPS) is 10.4. The average molecular weight is 262 g/mol. The van der Waals surface area contributed by atoms with Crippen molar-refractivity contribution in [3.8, 4) is 0 Å². The number of carboxylic acids is 1. The molecule has 2 rings (SSSR count). The Balaban J connectivity index is 1.85. The van der Waals surface area contributed by atoms with Gasteiger partial charge in [0.05, 0.1) is 11.9 Å². The Morgan fingerprint density at radius 1 is 1.39 bits per heavy atom. The number of hydrogen-bond donors (Lipinski definition) is 1. The molecule has 0 aliphatic carbocycles. The van der Waals surface area contributed by atoms with Crippen LogP contribution in [0.2, 0.25) is 0 Å². The van der Waals surface area contributed by atoms with Gasteiger partial charge in [-0.2, -0.15) is 0 Å². The fraction of sp³-hybridized carbons (Fsp3) is 0.231. The van der Waals surface area contributed by atoms with Crippen molar-refractivity contribution < 1.29 is 9.90 Å². The Labute approximate surface area is 110 Å². The number of hydrogen-bond acceptors (Lipinski definition) is 3. The van der Waals surface area contributed by atoms with Crippen molar-refractivity contribution in [2.45, 2.75) is 17.9 Å². The molecular formula is C13H14N2O2S. The van der Waals surface area contributed by atoms with Gasteiger partial charge in [0.25, 0.3) is 0 Å². The Hall–Kier alpha value is -1.75. The van der Waals surface area contributed by atoms with Crippen molar-refractivity contribution in [1.82, 2.24) is 9.55 Å². The number of imidazole rings is 1. The maximum Gasteiger partial charge on any atom is 0.336 e. The third-order valence-corrected chi connectivity index (χ3v) is 3.65. The van der Waals surface area contributed by atoms with Crippen LogP contribution in [-0.2, 0) is 6.54 Å². The van der Waals surface area contributed by atoms with Crippen LogP contribution in [-0.4, -0.2) is 26.4 Å². The number of aryl methyl sites for hydroxylation is 1. The van der Waals surface area contributed by atoms with Gasteiger partial charge in [-0.25, -0.2) is 9.78 Å². The first-order valence-corrected chi connectivity index (χ1v) is 6.67. The molecule has 0 bridgehead atoms. The van der Waals surface area contributed by atoms with Crippen LogP contribution in [0.25, 0.3) is 0 Å². The first-order chi connectivity index (χ1) is 8.77. The van der Waals surface area contributed by atoms with E-state index in [4.69, 9.17) is 5.11 Å². The smallest absolute Gasteiger partial charge is 0.336 e. The van der Waals surface area contributed by atoms with E-state index >= 15 is 0 Å². The van der Waals surface area contributed by atoms with Gasteiger partial charge >= 0.3 is 5.97 Å². The summed E-state index contributed by atoms with van der Waals surface area (Å²) in [5, 5.41) is 9.05. The van der Waals surface area contributed by atoms with Crippen LogP contribution in [0.15, 0.2) is 47.9 Å². The second-order valence-corrected chi connectivity index (χ2v) is 4.94. The molecule has 2 aromatic rings. The lowest BCUT2D eigenvalue weighted by molar-refractivity contribution is 0.0693. The molecule has 0 radical (unpaired) electrons. The molecule has 0 aliphatic heterocycles. The van der Waals surface area contributed by atoms with Crippen molar-refractivity contribution in [1.29, 1.82) is 0 Å². The lowest BCUT2D eigenvalue weighted by atomic mass is 10.2. The highest BCUT2D eigenvalue weighted by molar-refractivity contribution is 7.99. The molecule has 0 fully saturated rings. The van der Waals surface area contributed by atoms with Gasteiger partial charge in [0.2, 0.25) is 0 Å². The zero-order valence-electron chi connectivity index (χ0n) is 9.82. The van der Waals surface area contributed by atoms with Crippen LogP contribution in [0, 0.1) is 0 Å². The van der Waals surface area contributed by atoms with E-state index in [2.05, 4.69) is 4.98 Å². The molecule has 0 saturated heterocycles. The summed E-state index contributed by atoms with van der Waals surface area (Å²) in [6.45, 7) is 0.905. The van der Waals surface area contributed by atoms with Crippen LogP contribution in [0.4, 0.5) is 0 Å². The summed E-state index contributed by atoms with van der Waals surface area (Å²) in [4.78, 5) is 15.8. The SMILES string of the molecule is O=C(O)c1ccccc1SCCCn1ccnc1. The molecule has 1 heterocycles. The summed E-state index contributed by atoms with van der Waals surface area (Å²) in [5.74, 6) is 0.0235. The molecule has 18 heavy (non-hydrogen) atoms. The largest absolute Gasteiger partial charge is 0.478 e. The van der Waals surface area contributed by atoms with Gasteiger partial charge in [0.1, 0.15) is 0 Å². The van der Waals surface area contributed by atoms with E-state index in [1.54, 1.807) is 36.4 Å². The van der Waals surface area contributed by atoms with Crippen LogP contribution < -0.4 is 0 Å². The molecule has 1 N–H and O–H groups in total. The van der Waals surface area contributed by atoms with Crippen molar-refractivity contribution in [3.05, 3.63) is 48.5 Å². The fourth-order valence-corrected chi connectivity index (χ4v) is 2.60. The summed E-state index contributed by atoms with van der Waals surface area (Å²) in [5.41, 5.74) is 0.380. The van der Waals surface area contributed by atoms with Crippen LogP contribution in [0.3, 0.4) is 0 Å². The molecule has 0 spiro atoms. The van der Waals surface area contributed by atoms with E-state index in [0.717, 1.165) is 23.6 Å². The summed E-state index contributed by atoms with van der Waals surface area (Å²) in [6, 6.07) is 7.11. The third-order valence-electron chi connectivity index (χ3n) is 2.49. The van der Waals surface area contributed by atoms with Gasteiger partial charge in [-0.05, 0) is 24.3 Å². The molecule has 1 aromatic carbocycles. The minimum Gasteiger partial charge on any atom is -0.478 e. The van der Waals surface area contributed by atoms with Crippen molar-refractivity contribution in [2.75, 3.05) is 5.75 Å². The van der Waals surface area contributed by atoms with Crippen LogP contribution in [0.5, 0.6) is 0 Å². The number of carboxylic acid groups (broad SMARTS) is 1. The van der Waals surface area contributed by atoms with Gasteiger partial charge in [0, 0.05) is 23.8 Å². The lowest BCUT2D eigenvalue weighted by Gasteiger charge is -2.05. The lowest BCUT2D eigenvalue weighted by Crippen LogP contribution is -1.99. The quantitative estimate of drug-likeness (QED) is 0.642. The average Bonchev–Trinajstić information content (AvgIpc) is 2.88. The molecule has 0 unspecified atom stereocenters. The molecule has 1 aromatic heterocycles. The molecule has 0 saturated carbocycles. The molecule has 0 aliphatic rings. The molecule has 4 nitrogen and oxygen atoms in total. The number of rotatable bonds is 6. The molecular weight excluding hydrogens is 248 g/mol. The van der Waals surface area contributed by atoms with E-state index in [0.29, 0.717) is 5.56 Å². The van der Waals surface area contributed by atoms with Gasteiger partial charge in [-0.3, -0.25) is 0 Å². The van der Waals surface area contributed by atoms with Gasteiger partial charge < -0.3 is 9.67 Å². The van der Waals surface area contributed by atoms with E-state index in [1.807, 2.05) is 22.9 Å². The number of nitrogens with zero attached hydrogens (tertiary/aromatic N) is 2. The standard InChI is InChI=1S/C13H14N2O2S/c16-13(17)11-4-1-2-5-12(11)18-9-3-7-15-8-6-14-10-15/h1-2,4-6,8,10H,3,7,9H2,(H,16,17). The highest BCUT2D eigenvalue weighted by Crippen LogP contribution is 2.23. The minimum atomic E-state index is -0.868. The van der Waals surface area contributed by atoms with Crippen molar-refractivity contribution >= 4 is 17.7 Å². The summed E-state index contributed by atoms with van der Waals surface area (Å²) in [6.07, 6.45) is 6.45. The van der Waals surface area contributed by atoms with E-state index in [1.165, 1.54) is 0 Å². The van der Waals surface area contributed by atoms with Gasteiger partial charge in [-0.1, -0.05) is 12.1 Å². The predicted molar refractivity (Wildman–Crippen MR) is 71.0 cm³/mol. The van der Waals surface area contributed by atoms with Crippen molar-refractivity contribution in [3.63, 3.8) is 0 Å². The van der Waals surface area contributed by atoms with Crippen LogP contribution >= 0.6 is 11.8 Å². The minimum absolute atomic E-state index is 0.380. The maximum atomic E-state index is 11.0. The fourth-order valence-electron chi connectivity index (χ4n) is 1.62. The van der Waals surface area contributed by atoms with Crippen molar-refractivity contribution in [2.24, 2.45) is 0 Å². The monoisotopic (exact) mass is 262 g/mol. The first kappa shape index (κ1) is 12.7. The zero-order chi connectivity index (χ0) is 12.8. The summed E-state index contributed by atoms with van der Waals surface area (Å²) >= 11 is 1.58. The number of thioether (sulfide) groups is 1. The van der Waals surface area contributed by atoms with E-state index in [9.17, 15) is 4.79 Å². The Morgan fingerprint density at radius 3 is 2.94 bits per heavy atom.